The summed E-state index contributed by atoms with van der Waals surface area (Å²) in [6.45, 7) is 4.27. The molecule has 0 aliphatic carbocycles. The van der Waals surface area contributed by atoms with Gasteiger partial charge in [0.05, 0.1) is 6.20 Å². The molecule has 3 N–H and O–H groups in total. The molecule has 84 valence electrons. The van der Waals surface area contributed by atoms with Gasteiger partial charge in [-0.3, -0.25) is 16.3 Å². The van der Waals surface area contributed by atoms with Crippen molar-refractivity contribution in [2.24, 2.45) is 11.8 Å². The number of aromatic nitrogens is 1. The highest BCUT2D eigenvalue weighted by Gasteiger charge is 2.14. The first-order valence-electron chi connectivity index (χ1n) is 5.20. The molecule has 0 aliphatic rings. The summed E-state index contributed by atoms with van der Waals surface area (Å²) >= 11 is 0. The molecule has 0 aliphatic heterocycles. The molecule has 0 radical (unpaired) electrons. The minimum atomic E-state index is -0.302. The molecule has 4 heteroatoms. The molecule has 1 heterocycles. The fourth-order valence-electron chi connectivity index (χ4n) is 1.50. The molecule has 1 atom stereocenters. The number of hydrazine groups is 1. The topological polar surface area (TPSA) is 50.9 Å². The van der Waals surface area contributed by atoms with Crippen molar-refractivity contribution < 1.29 is 4.39 Å². The summed E-state index contributed by atoms with van der Waals surface area (Å²) in [5.41, 5.74) is 3.24. The number of hydrogen-bond acceptors (Lipinski definition) is 3. The first-order valence-corrected chi connectivity index (χ1v) is 5.20. The van der Waals surface area contributed by atoms with Crippen molar-refractivity contribution in [1.29, 1.82) is 0 Å². The lowest BCUT2D eigenvalue weighted by Crippen LogP contribution is -2.29. The van der Waals surface area contributed by atoms with Gasteiger partial charge in [0.15, 0.2) is 0 Å². The fourth-order valence-corrected chi connectivity index (χ4v) is 1.50. The van der Waals surface area contributed by atoms with Gasteiger partial charge in [0, 0.05) is 17.8 Å². The molecule has 1 unspecified atom stereocenters. The second-order valence-corrected chi connectivity index (χ2v) is 4.09. The van der Waals surface area contributed by atoms with Gasteiger partial charge in [0.2, 0.25) is 0 Å². The lowest BCUT2D eigenvalue weighted by Gasteiger charge is -2.17. The van der Waals surface area contributed by atoms with Crippen LogP contribution >= 0.6 is 0 Å². The minimum Gasteiger partial charge on any atom is -0.271 e. The van der Waals surface area contributed by atoms with E-state index in [0.717, 1.165) is 12.8 Å². The van der Waals surface area contributed by atoms with Crippen molar-refractivity contribution in [3.8, 4) is 0 Å². The van der Waals surface area contributed by atoms with Crippen LogP contribution in [-0.2, 0) is 0 Å². The molecule has 1 aromatic rings. The van der Waals surface area contributed by atoms with Crippen molar-refractivity contribution in [3.63, 3.8) is 0 Å². The number of hydrogen-bond donors (Lipinski definition) is 2. The van der Waals surface area contributed by atoms with Gasteiger partial charge < -0.3 is 0 Å². The van der Waals surface area contributed by atoms with Crippen molar-refractivity contribution >= 4 is 0 Å². The second-order valence-electron chi connectivity index (χ2n) is 4.09. The van der Waals surface area contributed by atoms with E-state index in [-0.39, 0.29) is 11.9 Å². The van der Waals surface area contributed by atoms with E-state index in [1.54, 1.807) is 12.3 Å². The Balaban J connectivity index is 2.70. The van der Waals surface area contributed by atoms with Gasteiger partial charge in [-0.25, -0.2) is 4.39 Å². The van der Waals surface area contributed by atoms with Crippen molar-refractivity contribution in [3.05, 3.63) is 29.8 Å². The van der Waals surface area contributed by atoms with Gasteiger partial charge in [-0.2, -0.15) is 0 Å². The van der Waals surface area contributed by atoms with E-state index in [9.17, 15) is 4.39 Å². The molecule has 0 saturated heterocycles. The molecule has 0 aromatic carbocycles. The number of nitrogens with two attached hydrogens (primary N) is 1. The van der Waals surface area contributed by atoms with Gasteiger partial charge in [0.25, 0.3) is 0 Å². The van der Waals surface area contributed by atoms with Crippen LogP contribution in [0.3, 0.4) is 0 Å². The summed E-state index contributed by atoms with van der Waals surface area (Å²) in [6.07, 6.45) is 4.64. The second kappa shape index (κ2) is 5.78. The van der Waals surface area contributed by atoms with Crippen LogP contribution in [0.5, 0.6) is 0 Å². The third-order valence-electron chi connectivity index (χ3n) is 2.41. The predicted molar refractivity (Wildman–Crippen MR) is 58.3 cm³/mol. The first kappa shape index (κ1) is 12.1. The average molecular weight is 211 g/mol. The monoisotopic (exact) mass is 211 g/mol. The number of rotatable bonds is 5. The summed E-state index contributed by atoms with van der Waals surface area (Å²) in [5, 5.41) is 0. The Labute approximate surface area is 89.9 Å². The van der Waals surface area contributed by atoms with Gasteiger partial charge in [-0.05, 0) is 24.8 Å². The van der Waals surface area contributed by atoms with Crippen LogP contribution in [0.1, 0.15) is 38.3 Å². The Morgan fingerprint density at radius 3 is 2.73 bits per heavy atom. The van der Waals surface area contributed by atoms with Crippen LogP contribution in [0.15, 0.2) is 18.5 Å². The highest BCUT2D eigenvalue weighted by molar-refractivity contribution is 5.17. The zero-order valence-corrected chi connectivity index (χ0v) is 9.20. The summed E-state index contributed by atoms with van der Waals surface area (Å²) in [6, 6.07) is 1.54. The normalized spacial score (nSPS) is 13.1. The number of halogens is 1. The summed E-state index contributed by atoms with van der Waals surface area (Å²) in [7, 11) is 0. The smallest absolute Gasteiger partial charge is 0.146 e. The van der Waals surface area contributed by atoms with Crippen LogP contribution in [0, 0.1) is 11.7 Å². The molecule has 3 nitrogen and oxygen atoms in total. The Kier molecular flexibility index (Phi) is 4.65. The Hall–Kier alpha value is -1.00. The summed E-state index contributed by atoms with van der Waals surface area (Å²) in [5.74, 6) is 5.71. The largest absolute Gasteiger partial charge is 0.271 e. The SMILES string of the molecule is CC(C)CCC(NN)c1ccncc1F. The zero-order chi connectivity index (χ0) is 11.3. The van der Waals surface area contributed by atoms with E-state index in [1.165, 1.54) is 6.20 Å². The lowest BCUT2D eigenvalue weighted by atomic mass is 9.98. The average Bonchev–Trinajstić information content (AvgIpc) is 2.21. The maximum absolute atomic E-state index is 13.4. The highest BCUT2D eigenvalue weighted by atomic mass is 19.1. The molecular weight excluding hydrogens is 193 g/mol. The predicted octanol–water partition coefficient (Wildman–Crippen LogP) is 2.16. The minimum absolute atomic E-state index is 0.129. The Morgan fingerprint density at radius 2 is 2.20 bits per heavy atom. The number of pyridine rings is 1. The molecule has 0 amide bonds. The first-order chi connectivity index (χ1) is 7.15. The lowest BCUT2D eigenvalue weighted by molar-refractivity contribution is 0.433. The molecule has 0 bridgehead atoms. The van der Waals surface area contributed by atoms with Gasteiger partial charge in [-0.15, -0.1) is 0 Å². The molecule has 0 spiro atoms. The van der Waals surface area contributed by atoms with Gasteiger partial charge in [0.1, 0.15) is 5.82 Å². The van der Waals surface area contributed by atoms with Crippen molar-refractivity contribution in [1.82, 2.24) is 10.4 Å². The van der Waals surface area contributed by atoms with E-state index in [1.807, 2.05) is 0 Å². The maximum atomic E-state index is 13.4. The summed E-state index contributed by atoms with van der Waals surface area (Å²) < 4.78 is 13.4. The van der Waals surface area contributed by atoms with E-state index in [2.05, 4.69) is 24.3 Å². The number of nitrogens with zero attached hydrogens (tertiary/aromatic N) is 1. The van der Waals surface area contributed by atoms with Crippen molar-refractivity contribution in [2.75, 3.05) is 0 Å². The van der Waals surface area contributed by atoms with E-state index in [0.29, 0.717) is 11.5 Å². The van der Waals surface area contributed by atoms with Crippen LogP contribution in [0.2, 0.25) is 0 Å². The fraction of sp³-hybridized carbons (Fsp3) is 0.545. The zero-order valence-electron chi connectivity index (χ0n) is 9.20. The Bertz CT molecular complexity index is 302. The van der Waals surface area contributed by atoms with E-state index >= 15 is 0 Å². The van der Waals surface area contributed by atoms with Crippen LogP contribution in [0.25, 0.3) is 0 Å². The van der Waals surface area contributed by atoms with Crippen LogP contribution < -0.4 is 11.3 Å². The molecule has 15 heavy (non-hydrogen) atoms. The van der Waals surface area contributed by atoms with Crippen molar-refractivity contribution in [2.45, 2.75) is 32.7 Å². The Morgan fingerprint density at radius 1 is 1.47 bits per heavy atom. The quantitative estimate of drug-likeness (QED) is 0.579. The third kappa shape index (κ3) is 3.57. The molecule has 1 aromatic heterocycles. The maximum Gasteiger partial charge on any atom is 0.146 e. The molecule has 1 rings (SSSR count). The third-order valence-corrected chi connectivity index (χ3v) is 2.41. The van der Waals surface area contributed by atoms with Gasteiger partial charge >= 0.3 is 0 Å². The highest BCUT2D eigenvalue weighted by Crippen LogP contribution is 2.21. The van der Waals surface area contributed by atoms with Crippen LogP contribution in [0.4, 0.5) is 4.39 Å². The van der Waals surface area contributed by atoms with Gasteiger partial charge in [-0.1, -0.05) is 13.8 Å². The number of nitrogens with one attached hydrogen (secondary N) is 1. The standard InChI is InChI=1S/C11H18FN3/c1-8(2)3-4-11(15-13)9-5-6-14-7-10(9)12/h5-8,11,15H,3-4,13H2,1-2H3. The summed E-state index contributed by atoms with van der Waals surface area (Å²) in [4.78, 5) is 3.71. The van der Waals surface area contributed by atoms with Crippen LogP contribution in [-0.4, -0.2) is 4.98 Å². The molecular formula is C11H18FN3. The van der Waals surface area contributed by atoms with E-state index in [4.69, 9.17) is 5.84 Å². The van der Waals surface area contributed by atoms with E-state index < -0.39 is 0 Å². The molecule has 0 saturated carbocycles. The molecule has 0 fully saturated rings.